The summed E-state index contributed by atoms with van der Waals surface area (Å²) < 4.78 is 6.08. The average molecular weight is 502 g/mol. The Balaban J connectivity index is 1.54. The highest BCUT2D eigenvalue weighted by Gasteiger charge is 2.38. The first-order chi connectivity index (χ1) is 17.0. The number of benzene rings is 2. The summed E-state index contributed by atoms with van der Waals surface area (Å²) in [7, 11) is 0. The summed E-state index contributed by atoms with van der Waals surface area (Å²) >= 11 is 6.56. The predicted molar refractivity (Wildman–Crippen MR) is 144 cm³/mol. The Morgan fingerprint density at radius 2 is 1.83 bits per heavy atom. The molecule has 186 valence electrons. The van der Waals surface area contributed by atoms with Gasteiger partial charge in [0.25, 0.3) is 0 Å². The Kier molecular flexibility index (Phi) is 7.22. The molecule has 0 amide bonds. The van der Waals surface area contributed by atoms with Crippen LogP contribution < -0.4 is 10.1 Å². The normalized spacial score (nSPS) is 16.8. The maximum absolute atomic E-state index is 13.1. The van der Waals surface area contributed by atoms with Crippen molar-refractivity contribution in [2.24, 2.45) is 5.92 Å². The molecule has 1 aliphatic rings. The summed E-state index contributed by atoms with van der Waals surface area (Å²) in [6.45, 7) is 10.7. The number of Topliss-reactive ketones (excluding diaryl/α,β-unsaturated/α-hetero) is 1. The Labute approximate surface area is 218 Å². The topological polar surface area (TPSA) is 75.0 Å². The molecule has 2 heterocycles. The highest BCUT2D eigenvalue weighted by atomic mass is 35.5. The molecule has 0 atom stereocenters. The van der Waals surface area contributed by atoms with Crippen molar-refractivity contribution in [1.29, 1.82) is 5.26 Å². The molecule has 1 aliphatic heterocycles. The standard InChI is InChI=1S/C30H32ClN3O2/c1-19-18-33-12-11-22(19)23-7-6-8-27(24(23)17-32)36-28-10-9-21(14-25(28)31)26(35)13-20-15-29(2,3)34-30(4,5)16-20/h6-12,14,18,20,34H,13,15-16H2,1-5H3. The van der Waals surface area contributed by atoms with Gasteiger partial charge in [-0.2, -0.15) is 5.26 Å². The van der Waals surface area contributed by atoms with Gasteiger partial charge < -0.3 is 10.1 Å². The molecule has 3 aromatic rings. The number of piperidine rings is 1. The molecule has 5 nitrogen and oxygen atoms in total. The van der Waals surface area contributed by atoms with Gasteiger partial charge in [0.05, 0.1) is 5.02 Å². The number of nitrogens with zero attached hydrogens (tertiary/aromatic N) is 2. The van der Waals surface area contributed by atoms with Gasteiger partial charge in [-0.1, -0.05) is 23.7 Å². The molecule has 0 radical (unpaired) electrons. The maximum atomic E-state index is 13.1. The van der Waals surface area contributed by atoms with E-state index >= 15 is 0 Å². The Morgan fingerprint density at radius 3 is 2.47 bits per heavy atom. The van der Waals surface area contributed by atoms with Crippen LogP contribution in [-0.2, 0) is 0 Å². The number of nitriles is 1. The smallest absolute Gasteiger partial charge is 0.163 e. The van der Waals surface area contributed by atoms with Gasteiger partial charge in [0, 0.05) is 41.0 Å². The average Bonchev–Trinajstić information content (AvgIpc) is 2.78. The maximum Gasteiger partial charge on any atom is 0.163 e. The number of aromatic nitrogens is 1. The number of carbonyl (C=O) groups excluding carboxylic acids is 1. The van der Waals surface area contributed by atoms with Crippen molar-refractivity contribution >= 4 is 17.4 Å². The Bertz CT molecular complexity index is 1320. The van der Waals surface area contributed by atoms with E-state index in [1.807, 2.05) is 25.1 Å². The second kappa shape index (κ2) is 10.0. The lowest BCUT2D eigenvalue weighted by molar-refractivity contribution is 0.0864. The quantitative estimate of drug-likeness (QED) is 0.354. The van der Waals surface area contributed by atoms with Crippen molar-refractivity contribution in [2.45, 2.75) is 65.0 Å². The Hall–Kier alpha value is -3.20. The fraction of sp³-hybridized carbons (Fsp3) is 0.367. The summed E-state index contributed by atoms with van der Waals surface area (Å²) in [4.78, 5) is 17.3. The third kappa shape index (κ3) is 5.78. The van der Waals surface area contributed by atoms with Crippen LogP contribution in [0.15, 0.2) is 54.9 Å². The van der Waals surface area contributed by atoms with Crippen LogP contribution in [0.1, 0.15) is 68.4 Å². The van der Waals surface area contributed by atoms with Crippen molar-refractivity contribution in [3.05, 3.63) is 76.6 Å². The number of nitrogens with one attached hydrogen (secondary N) is 1. The third-order valence-corrected chi connectivity index (χ3v) is 6.97. The second-order valence-electron chi connectivity index (χ2n) is 11.0. The molecule has 1 N–H and O–H groups in total. The molecule has 0 spiro atoms. The minimum atomic E-state index is -0.0101. The first-order valence-electron chi connectivity index (χ1n) is 12.2. The highest BCUT2D eigenvalue weighted by Crippen LogP contribution is 2.38. The van der Waals surface area contributed by atoms with E-state index < -0.39 is 0 Å². The number of carbonyl (C=O) groups is 1. The lowest BCUT2D eigenvalue weighted by Gasteiger charge is -2.46. The highest BCUT2D eigenvalue weighted by molar-refractivity contribution is 6.32. The lowest BCUT2D eigenvalue weighted by Crippen LogP contribution is -2.57. The van der Waals surface area contributed by atoms with E-state index in [0.717, 1.165) is 29.5 Å². The van der Waals surface area contributed by atoms with Crippen molar-refractivity contribution in [3.63, 3.8) is 0 Å². The van der Waals surface area contributed by atoms with E-state index in [2.05, 4.69) is 44.1 Å². The fourth-order valence-electron chi connectivity index (χ4n) is 5.67. The molecular weight excluding hydrogens is 470 g/mol. The number of ether oxygens (including phenoxy) is 1. The van der Waals surface area contributed by atoms with Crippen LogP contribution in [0.25, 0.3) is 11.1 Å². The third-order valence-electron chi connectivity index (χ3n) is 6.67. The van der Waals surface area contributed by atoms with Crippen LogP contribution in [-0.4, -0.2) is 21.8 Å². The number of aryl methyl sites for hydroxylation is 1. The van der Waals surface area contributed by atoms with E-state index in [1.54, 1.807) is 36.7 Å². The monoisotopic (exact) mass is 501 g/mol. The number of hydrogen-bond acceptors (Lipinski definition) is 5. The van der Waals surface area contributed by atoms with Gasteiger partial charge in [-0.3, -0.25) is 9.78 Å². The van der Waals surface area contributed by atoms with Gasteiger partial charge in [0.1, 0.15) is 23.1 Å². The summed E-state index contributed by atoms with van der Waals surface area (Å²) in [5.41, 5.74) is 3.62. The molecule has 0 bridgehead atoms. The van der Waals surface area contributed by atoms with Crippen molar-refractivity contribution in [1.82, 2.24) is 10.3 Å². The molecule has 1 saturated heterocycles. The molecule has 0 saturated carbocycles. The van der Waals surface area contributed by atoms with Crippen LogP contribution in [0.2, 0.25) is 5.02 Å². The lowest BCUT2D eigenvalue weighted by atomic mass is 9.74. The van der Waals surface area contributed by atoms with Crippen LogP contribution >= 0.6 is 11.6 Å². The number of ketones is 1. The molecule has 0 unspecified atom stereocenters. The van der Waals surface area contributed by atoms with Gasteiger partial charge in [-0.05, 0) is 94.8 Å². The fourth-order valence-corrected chi connectivity index (χ4v) is 5.88. The predicted octanol–water partition coefficient (Wildman–Crippen LogP) is 7.50. The summed E-state index contributed by atoms with van der Waals surface area (Å²) in [5, 5.41) is 13.9. The zero-order valence-electron chi connectivity index (χ0n) is 21.5. The molecule has 6 heteroatoms. The molecule has 0 aliphatic carbocycles. The van der Waals surface area contributed by atoms with E-state index in [9.17, 15) is 10.1 Å². The van der Waals surface area contributed by atoms with Crippen LogP contribution in [0.5, 0.6) is 11.5 Å². The molecule has 36 heavy (non-hydrogen) atoms. The van der Waals surface area contributed by atoms with Crippen molar-refractivity contribution in [2.75, 3.05) is 0 Å². The number of hydrogen-bond donors (Lipinski definition) is 1. The zero-order chi connectivity index (χ0) is 26.1. The first kappa shape index (κ1) is 25.9. The SMILES string of the molecule is Cc1cnccc1-c1cccc(Oc2ccc(C(=O)CC3CC(C)(C)NC(C)(C)C3)cc2Cl)c1C#N. The van der Waals surface area contributed by atoms with E-state index in [0.29, 0.717) is 40.0 Å². The molecule has 2 aromatic carbocycles. The summed E-state index contributed by atoms with van der Waals surface area (Å²) in [6, 6.07) is 14.8. The summed E-state index contributed by atoms with van der Waals surface area (Å²) in [5.74, 6) is 1.19. The minimum Gasteiger partial charge on any atom is -0.454 e. The van der Waals surface area contributed by atoms with Crippen molar-refractivity contribution in [3.8, 4) is 28.7 Å². The minimum absolute atomic E-state index is 0.0101. The van der Waals surface area contributed by atoms with E-state index in [-0.39, 0.29) is 16.9 Å². The first-order valence-corrected chi connectivity index (χ1v) is 12.6. The van der Waals surface area contributed by atoms with Gasteiger partial charge in [0.15, 0.2) is 5.78 Å². The van der Waals surface area contributed by atoms with Gasteiger partial charge >= 0.3 is 0 Å². The summed E-state index contributed by atoms with van der Waals surface area (Å²) in [6.07, 6.45) is 5.84. The number of pyridine rings is 1. The molecule has 4 rings (SSSR count). The van der Waals surface area contributed by atoms with Gasteiger partial charge in [-0.25, -0.2) is 0 Å². The molecule has 1 fully saturated rings. The second-order valence-corrected chi connectivity index (χ2v) is 11.4. The van der Waals surface area contributed by atoms with Gasteiger partial charge in [0.2, 0.25) is 0 Å². The van der Waals surface area contributed by atoms with E-state index in [4.69, 9.17) is 16.3 Å². The molecule has 1 aromatic heterocycles. The van der Waals surface area contributed by atoms with Crippen LogP contribution in [0.4, 0.5) is 0 Å². The van der Waals surface area contributed by atoms with Crippen LogP contribution in [0, 0.1) is 24.2 Å². The largest absolute Gasteiger partial charge is 0.454 e. The Morgan fingerprint density at radius 1 is 1.11 bits per heavy atom. The number of halogens is 1. The zero-order valence-corrected chi connectivity index (χ0v) is 22.2. The van der Waals surface area contributed by atoms with Crippen molar-refractivity contribution < 1.29 is 9.53 Å². The molecular formula is C30H32ClN3O2. The number of rotatable bonds is 6. The van der Waals surface area contributed by atoms with E-state index in [1.165, 1.54) is 0 Å². The van der Waals surface area contributed by atoms with Crippen LogP contribution in [0.3, 0.4) is 0 Å². The van der Waals surface area contributed by atoms with Gasteiger partial charge in [-0.15, -0.1) is 0 Å².